The SMILES string of the molecule is CCn1nc(-c2cc(Br)ccc2Cl)c(Br)c1C. The van der Waals surface area contributed by atoms with Gasteiger partial charge in [-0.2, -0.15) is 5.10 Å². The quantitative estimate of drug-likeness (QED) is 0.714. The lowest BCUT2D eigenvalue weighted by molar-refractivity contribution is 0.641. The zero-order valence-electron chi connectivity index (χ0n) is 9.47. The van der Waals surface area contributed by atoms with E-state index in [4.69, 9.17) is 11.6 Å². The maximum atomic E-state index is 6.22. The second kappa shape index (κ2) is 5.12. The summed E-state index contributed by atoms with van der Waals surface area (Å²) in [5, 5.41) is 5.27. The van der Waals surface area contributed by atoms with Crippen LogP contribution in [0.1, 0.15) is 12.6 Å². The van der Waals surface area contributed by atoms with Gasteiger partial charge in [-0.25, -0.2) is 0 Å². The van der Waals surface area contributed by atoms with Crippen molar-refractivity contribution in [3.05, 3.63) is 37.9 Å². The first-order chi connectivity index (χ1) is 8.04. The molecular formula is C12H11Br2ClN2. The van der Waals surface area contributed by atoms with E-state index in [-0.39, 0.29) is 0 Å². The molecule has 2 nitrogen and oxygen atoms in total. The van der Waals surface area contributed by atoms with Crippen molar-refractivity contribution in [2.24, 2.45) is 0 Å². The van der Waals surface area contributed by atoms with Gasteiger partial charge < -0.3 is 0 Å². The normalized spacial score (nSPS) is 10.9. The number of benzene rings is 1. The Morgan fingerprint density at radius 3 is 2.65 bits per heavy atom. The molecule has 0 saturated heterocycles. The summed E-state index contributed by atoms with van der Waals surface area (Å²) in [7, 11) is 0. The minimum absolute atomic E-state index is 0.703. The smallest absolute Gasteiger partial charge is 0.108 e. The lowest BCUT2D eigenvalue weighted by Gasteiger charge is -2.02. The number of halogens is 3. The summed E-state index contributed by atoms with van der Waals surface area (Å²) < 4.78 is 3.95. The Kier molecular flexibility index (Phi) is 3.95. The van der Waals surface area contributed by atoms with Gasteiger partial charge in [-0.3, -0.25) is 4.68 Å². The third-order valence-electron chi connectivity index (χ3n) is 2.62. The van der Waals surface area contributed by atoms with Crippen LogP contribution >= 0.6 is 43.5 Å². The second-order valence-corrected chi connectivity index (χ2v) is 5.80. The molecule has 0 fully saturated rings. The van der Waals surface area contributed by atoms with Gasteiger partial charge in [-0.1, -0.05) is 27.5 Å². The Bertz CT molecular complexity index is 564. The van der Waals surface area contributed by atoms with Crippen LogP contribution in [0.5, 0.6) is 0 Å². The topological polar surface area (TPSA) is 17.8 Å². The molecule has 2 aromatic rings. The van der Waals surface area contributed by atoms with Crippen molar-refractivity contribution in [1.29, 1.82) is 0 Å². The minimum Gasteiger partial charge on any atom is -0.268 e. The number of nitrogens with zero attached hydrogens (tertiary/aromatic N) is 2. The van der Waals surface area contributed by atoms with Crippen LogP contribution in [0.15, 0.2) is 27.1 Å². The molecule has 0 radical (unpaired) electrons. The van der Waals surface area contributed by atoms with E-state index in [9.17, 15) is 0 Å². The van der Waals surface area contributed by atoms with Gasteiger partial charge >= 0.3 is 0 Å². The predicted molar refractivity (Wildman–Crippen MR) is 78.5 cm³/mol. The standard InChI is InChI=1S/C12H11Br2ClN2/c1-3-17-7(2)11(14)12(16-17)9-6-8(13)4-5-10(9)15/h4-6H,3H2,1-2H3. The van der Waals surface area contributed by atoms with Crippen LogP contribution in [0.2, 0.25) is 5.02 Å². The summed E-state index contributed by atoms with van der Waals surface area (Å²) in [5.41, 5.74) is 2.93. The summed E-state index contributed by atoms with van der Waals surface area (Å²) in [4.78, 5) is 0. The van der Waals surface area contributed by atoms with Crippen LogP contribution in [0, 0.1) is 6.92 Å². The fourth-order valence-corrected chi connectivity index (χ4v) is 2.75. The molecule has 0 spiro atoms. The van der Waals surface area contributed by atoms with Gasteiger partial charge in [0.2, 0.25) is 0 Å². The largest absolute Gasteiger partial charge is 0.268 e. The maximum Gasteiger partial charge on any atom is 0.108 e. The zero-order valence-corrected chi connectivity index (χ0v) is 13.4. The molecule has 0 bridgehead atoms. The van der Waals surface area contributed by atoms with Gasteiger partial charge in [0, 0.05) is 16.6 Å². The first-order valence-corrected chi connectivity index (χ1v) is 7.19. The van der Waals surface area contributed by atoms with Crippen molar-refractivity contribution in [2.75, 3.05) is 0 Å². The van der Waals surface area contributed by atoms with E-state index in [1.807, 2.05) is 29.8 Å². The fraction of sp³-hybridized carbons (Fsp3) is 0.250. The summed E-state index contributed by atoms with van der Waals surface area (Å²) >= 11 is 13.2. The predicted octanol–water partition coefficient (Wildman–Crippen LogP) is 5.06. The first kappa shape index (κ1) is 13.1. The van der Waals surface area contributed by atoms with Crippen molar-refractivity contribution in [3.63, 3.8) is 0 Å². The van der Waals surface area contributed by atoms with Crippen LogP contribution in [-0.2, 0) is 6.54 Å². The van der Waals surface area contributed by atoms with Crippen LogP contribution < -0.4 is 0 Å². The van der Waals surface area contributed by atoms with Crippen molar-refractivity contribution < 1.29 is 0 Å². The third kappa shape index (κ3) is 2.44. The van der Waals surface area contributed by atoms with Crippen molar-refractivity contribution >= 4 is 43.5 Å². The molecule has 5 heteroatoms. The molecular weight excluding hydrogens is 367 g/mol. The van der Waals surface area contributed by atoms with Gasteiger partial charge in [-0.15, -0.1) is 0 Å². The first-order valence-electron chi connectivity index (χ1n) is 5.23. The number of hydrogen-bond acceptors (Lipinski definition) is 1. The van der Waals surface area contributed by atoms with Crippen LogP contribution in [0.3, 0.4) is 0 Å². The van der Waals surface area contributed by atoms with E-state index in [0.29, 0.717) is 5.02 Å². The molecule has 0 amide bonds. The lowest BCUT2D eigenvalue weighted by atomic mass is 10.1. The van der Waals surface area contributed by atoms with Crippen molar-refractivity contribution in [1.82, 2.24) is 9.78 Å². The molecule has 0 N–H and O–H groups in total. The van der Waals surface area contributed by atoms with E-state index >= 15 is 0 Å². The van der Waals surface area contributed by atoms with Gasteiger partial charge in [0.25, 0.3) is 0 Å². The molecule has 0 unspecified atom stereocenters. The number of aromatic nitrogens is 2. The van der Waals surface area contributed by atoms with E-state index in [1.165, 1.54) is 0 Å². The van der Waals surface area contributed by atoms with Crippen LogP contribution in [0.4, 0.5) is 0 Å². The number of aryl methyl sites for hydroxylation is 1. The summed E-state index contributed by atoms with van der Waals surface area (Å²) in [6.07, 6.45) is 0. The summed E-state index contributed by atoms with van der Waals surface area (Å²) in [5.74, 6) is 0. The highest BCUT2D eigenvalue weighted by Crippen LogP contribution is 2.35. The van der Waals surface area contributed by atoms with E-state index < -0.39 is 0 Å². The van der Waals surface area contributed by atoms with Gasteiger partial charge in [-0.05, 0) is 48.0 Å². The van der Waals surface area contributed by atoms with Crippen LogP contribution in [0.25, 0.3) is 11.3 Å². The Labute approximate surface area is 122 Å². The molecule has 0 saturated carbocycles. The Hall–Kier alpha value is -0.320. The Balaban J connectivity index is 2.64. The molecule has 0 atom stereocenters. The molecule has 0 aliphatic rings. The van der Waals surface area contributed by atoms with E-state index in [0.717, 1.165) is 32.4 Å². The van der Waals surface area contributed by atoms with E-state index in [1.54, 1.807) is 0 Å². The third-order valence-corrected chi connectivity index (χ3v) is 4.39. The lowest BCUT2D eigenvalue weighted by Crippen LogP contribution is -1.98. The average Bonchev–Trinajstić information content (AvgIpc) is 2.59. The molecule has 0 aliphatic carbocycles. The monoisotopic (exact) mass is 376 g/mol. The molecule has 1 aromatic heterocycles. The zero-order chi connectivity index (χ0) is 12.6. The highest BCUT2D eigenvalue weighted by Gasteiger charge is 2.15. The van der Waals surface area contributed by atoms with Gasteiger partial charge in [0.1, 0.15) is 5.69 Å². The summed E-state index contributed by atoms with van der Waals surface area (Å²) in [6.45, 7) is 4.95. The molecule has 2 rings (SSSR count). The molecule has 90 valence electrons. The highest BCUT2D eigenvalue weighted by molar-refractivity contribution is 9.11. The Morgan fingerprint density at radius 1 is 1.35 bits per heavy atom. The van der Waals surface area contributed by atoms with Gasteiger partial charge in [0.15, 0.2) is 0 Å². The molecule has 1 aromatic carbocycles. The van der Waals surface area contributed by atoms with Crippen LogP contribution in [-0.4, -0.2) is 9.78 Å². The van der Waals surface area contributed by atoms with E-state index in [2.05, 4.69) is 43.9 Å². The minimum atomic E-state index is 0.703. The molecule has 1 heterocycles. The fourth-order valence-electron chi connectivity index (χ4n) is 1.68. The van der Waals surface area contributed by atoms with Crippen molar-refractivity contribution in [3.8, 4) is 11.3 Å². The molecule has 0 aliphatic heterocycles. The molecule has 17 heavy (non-hydrogen) atoms. The second-order valence-electron chi connectivity index (χ2n) is 3.69. The average molecular weight is 378 g/mol. The highest BCUT2D eigenvalue weighted by atomic mass is 79.9. The number of rotatable bonds is 2. The van der Waals surface area contributed by atoms with Gasteiger partial charge in [0.05, 0.1) is 15.2 Å². The summed E-state index contributed by atoms with van der Waals surface area (Å²) in [6, 6.07) is 5.77. The van der Waals surface area contributed by atoms with Crippen molar-refractivity contribution in [2.45, 2.75) is 20.4 Å². The maximum absolute atomic E-state index is 6.22. The number of hydrogen-bond donors (Lipinski definition) is 0. The Morgan fingerprint density at radius 2 is 2.06 bits per heavy atom.